The molecule has 1 atom stereocenters. The summed E-state index contributed by atoms with van der Waals surface area (Å²) in [6.45, 7) is 25.8. The van der Waals surface area contributed by atoms with Crippen molar-refractivity contribution in [1.29, 1.82) is 0 Å². The number of hydrogen-bond acceptors (Lipinski definition) is 0. The van der Waals surface area contributed by atoms with Crippen molar-refractivity contribution in [2.45, 2.75) is 121 Å². The highest BCUT2D eigenvalue weighted by Gasteiger charge is 2.11. The Bertz CT molecular complexity index is 840. The second-order valence-electron chi connectivity index (χ2n) is 11.0. The van der Waals surface area contributed by atoms with Crippen LogP contribution in [0.5, 0.6) is 0 Å². The van der Waals surface area contributed by atoms with E-state index in [1.165, 1.54) is 71.1 Å². The quantitative estimate of drug-likeness (QED) is 0.251. The van der Waals surface area contributed by atoms with Crippen molar-refractivity contribution in [1.82, 2.24) is 0 Å². The molecule has 0 spiro atoms. The fourth-order valence-electron chi connectivity index (χ4n) is 4.16. The molecular weight excluding hydrogens is 432 g/mol. The molecule has 0 radical (unpaired) electrons. The Labute approximate surface area is 226 Å². The number of allylic oxidation sites excluding steroid dienone is 9. The van der Waals surface area contributed by atoms with Crippen LogP contribution in [-0.2, 0) is 12.8 Å². The molecule has 1 aromatic carbocycles. The Morgan fingerprint density at radius 1 is 0.944 bits per heavy atom. The monoisotopic (exact) mass is 490 g/mol. The maximum atomic E-state index is 3.78. The average Bonchev–Trinajstić information content (AvgIpc) is 2.88. The highest BCUT2D eigenvalue weighted by molar-refractivity contribution is 5.38. The van der Waals surface area contributed by atoms with Crippen LogP contribution in [-0.4, -0.2) is 0 Å². The third-order valence-corrected chi connectivity index (χ3v) is 7.46. The first-order valence-electron chi connectivity index (χ1n) is 14.4. The summed E-state index contributed by atoms with van der Waals surface area (Å²) in [7, 11) is 0. The molecule has 0 amide bonds. The van der Waals surface area contributed by atoms with E-state index in [-0.39, 0.29) is 0 Å². The maximum absolute atomic E-state index is 3.78. The standard InChI is InChI=1S/C24H34.C7H14.C5H10/c1-8-10-11-19(5)21(7)24(20(6)18(3)4)17-16-23-14-12-22(9-2)13-15-23;1-7-5-3-2-4-6-7;1-4-5(2)3/h8,10-15,19H,1,9,16-17H2,2-7H3;7H,2-6H2,1H3;4H,1-3H3/b11-10+,24-21-;;. The molecule has 1 unspecified atom stereocenters. The summed E-state index contributed by atoms with van der Waals surface area (Å²) in [6.07, 6.45) is 19.0. The van der Waals surface area contributed by atoms with Gasteiger partial charge in [-0.1, -0.05) is 125 Å². The van der Waals surface area contributed by atoms with Crippen molar-refractivity contribution >= 4 is 0 Å². The van der Waals surface area contributed by atoms with E-state index in [1.807, 2.05) is 19.1 Å². The minimum Gasteiger partial charge on any atom is -0.0991 e. The van der Waals surface area contributed by atoms with Gasteiger partial charge >= 0.3 is 0 Å². The number of benzene rings is 1. The Morgan fingerprint density at radius 3 is 1.86 bits per heavy atom. The van der Waals surface area contributed by atoms with E-state index < -0.39 is 0 Å². The molecule has 1 fully saturated rings. The van der Waals surface area contributed by atoms with Crippen LogP contribution in [0.3, 0.4) is 0 Å². The van der Waals surface area contributed by atoms with E-state index >= 15 is 0 Å². The zero-order valence-corrected chi connectivity index (χ0v) is 25.6. The average molecular weight is 491 g/mol. The zero-order chi connectivity index (χ0) is 27.5. The second kappa shape index (κ2) is 20.0. The summed E-state index contributed by atoms with van der Waals surface area (Å²) in [5, 5.41) is 0. The second-order valence-corrected chi connectivity index (χ2v) is 11.0. The van der Waals surface area contributed by atoms with Gasteiger partial charge in [-0.25, -0.2) is 0 Å². The highest BCUT2D eigenvalue weighted by Crippen LogP contribution is 2.28. The highest BCUT2D eigenvalue weighted by atomic mass is 14.2. The van der Waals surface area contributed by atoms with Crippen LogP contribution in [0.1, 0.15) is 119 Å². The largest absolute Gasteiger partial charge is 0.0991 e. The Morgan fingerprint density at radius 2 is 1.47 bits per heavy atom. The van der Waals surface area contributed by atoms with E-state index in [4.69, 9.17) is 0 Å². The molecule has 2 rings (SSSR count). The Kier molecular flexibility index (Phi) is 18.9. The van der Waals surface area contributed by atoms with Gasteiger partial charge in [0.05, 0.1) is 0 Å². The SMILES string of the molecule is C=C/C=C/C(C)/C(C)=C(/CCc1ccc(CC)cc1)C(C)=C(C)C.CC1CCCCC1.CC=C(C)C. The summed E-state index contributed by atoms with van der Waals surface area (Å²) in [6, 6.07) is 9.08. The summed E-state index contributed by atoms with van der Waals surface area (Å²) < 4.78 is 0. The molecule has 0 heteroatoms. The lowest BCUT2D eigenvalue weighted by Gasteiger charge is -2.18. The van der Waals surface area contributed by atoms with Crippen LogP contribution in [0.2, 0.25) is 0 Å². The predicted octanol–water partition coefficient (Wildman–Crippen LogP) is 11.8. The van der Waals surface area contributed by atoms with E-state index in [0.717, 1.165) is 25.2 Å². The molecule has 36 heavy (non-hydrogen) atoms. The third-order valence-electron chi connectivity index (χ3n) is 7.46. The summed E-state index contributed by atoms with van der Waals surface area (Å²) in [5.41, 5.74) is 10.0. The van der Waals surface area contributed by atoms with Crippen molar-refractivity contribution in [2.75, 3.05) is 0 Å². The van der Waals surface area contributed by atoms with E-state index in [1.54, 1.807) is 0 Å². The molecule has 0 bridgehead atoms. The fourth-order valence-corrected chi connectivity index (χ4v) is 4.16. The van der Waals surface area contributed by atoms with Crippen LogP contribution in [0.4, 0.5) is 0 Å². The van der Waals surface area contributed by atoms with Gasteiger partial charge in [0.25, 0.3) is 0 Å². The smallest absolute Gasteiger partial charge is 0.00454 e. The molecule has 0 heterocycles. The van der Waals surface area contributed by atoms with Crippen LogP contribution >= 0.6 is 0 Å². The zero-order valence-electron chi connectivity index (χ0n) is 25.6. The topological polar surface area (TPSA) is 0 Å². The van der Waals surface area contributed by atoms with Gasteiger partial charge in [0.2, 0.25) is 0 Å². The number of rotatable bonds is 8. The number of hydrogen-bond donors (Lipinski definition) is 0. The Balaban J connectivity index is 0.000000830. The molecule has 0 aliphatic heterocycles. The van der Waals surface area contributed by atoms with Gasteiger partial charge in [0, 0.05) is 0 Å². The van der Waals surface area contributed by atoms with Gasteiger partial charge in [0.15, 0.2) is 0 Å². The van der Waals surface area contributed by atoms with E-state index in [9.17, 15) is 0 Å². The van der Waals surface area contributed by atoms with Gasteiger partial charge in [0.1, 0.15) is 0 Å². The van der Waals surface area contributed by atoms with Gasteiger partial charge < -0.3 is 0 Å². The molecule has 1 aliphatic rings. The van der Waals surface area contributed by atoms with Crippen LogP contribution in [0.15, 0.2) is 83.0 Å². The molecule has 1 aromatic rings. The molecule has 1 aliphatic carbocycles. The van der Waals surface area contributed by atoms with Crippen molar-refractivity contribution < 1.29 is 0 Å². The fraction of sp³-hybridized carbons (Fsp3) is 0.556. The van der Waals surface area contributed by atoms with Crippen molar-refractivity contribution in [2.24, 2.45) is 11.8 Å². The van der Waals surface area contributed by atoms with Crippen LogP contribution in [0, 0.1) is 11.8 Å². The molecule has 0 N–H and O–H groups in total. The maximum Gasteiger partial charge on any atom is -0.00454 e. The van der Waals surface area contributed by atoms with Crippen molar-refractivity contribution in [3.05, 3.63) is 94.1 Å². The molecular formula is C36H58. The van der Waals surface area contributed by atoms with Crippen molar-refractivity contribution in [3.8, 4) is 0 Å². The lowest BCUT2D eigenvalue weighted by atomic mass is 9.87. The molecule has 1 saturated carbocycles. The minimum absolute atomic E-state index is 0.440. The molecule has 202 valence electrons. The summed E-state index contributed by atoms with van der Waals surface area (Å²) in [4.78, 5) is 0. The normalized spacial score (nSPS) is 14.9. The molecule has 0 nitrogen and oxygen atoms in total. The summed E-state index contributed by atoms with van der Waals surface area (Å²) in [5.74, 6) is 1.48. The van der Waals surface area contributed by atoms with Crippen LogP contribution in [0.25, 0.3) is 0 Å². The lowest BCUT2D eigenvalue weighted by molar-refractivity contribution is 0.385. The lowest BCUT2D eigenvalue weighted by Crippen LogP contribution is -2.02. The minimum atomic E-state index is 0.440. The first-order valence-corrected chi connectivity index (χ1v) is 14.4. The van der Waals surface area contributed by atoms with Crippen molar-refractivity contribution in [3.63, 3.8) is 0 Å². The number of aryl methyl sites for hydroxylation is 2. The summed E-state index contributed by atoms with van der Waals surface area (Å²) >= 11 is 0. The Hall–Kier alpha value is -2.08. The molecule has 0 aromatic heterocycles. The first kappa shape index (κ1) is 33.9. The van der Waals surface area contributed by atoms with E-state index in [0.29, 0.717) is 5.92 Å². The van der Waals surface area contributed by atoms with E-state index in [2.05, 4.69) is 105 Å². The van der Waals surface area contributed by atoms with Gasteiger partial charge in [-0.15, -0.1) is 0 Å². The third kappa shape index (κ3) is 15.1. The van der Waals surface area contributed by atoms with Crippen LogP contribution < -0.4 is 0 Å². The predicted molar refractivity (Wildman–Crippen MR) is 167 cm³/mol. The first-order chi connectivity index (χ1) is 17.1. The molecule has 0 saturated heterocycles. The van der Waals surface area contributed by atoms with Gasteiger partial charge in [-0.3, -0.25) is 0 Å². The van der Waals surface area contributed by atoms with Gasteiger partial charge in [-0.2, -0.15) is 0 Å². The van der Waals surface area contributed by atoms with Gasteiger partial charge in [-0.05, 0) is 102 Å².